The number of carbonyl (C=O) groups excluding carboxylic acids is 1. The van der Waals surface area contributed by atoms with Gasteiger partial charge < -0.3 is 10.5 Å². The van der Waals surface area contributed by atoms with Gasteiger partial charge in [0.05, 0.1) is 0 Å². The molecule has 0 saturated carbocycles. The average molecular weight is 309 g/mol. The minimum atomic E-state index is 0. The summed E-state index contributed by atoms with van der Waals surface area (Å²) >= 11 is 3.33. The SMILES string of the molecule is Cl.NCCCC(=O)COc1cccc(Br)c1. The summed E-state index contributed by atoms with van der Waals surface area (Å²) in [6, 6.07) is 7.42. The van der Waals surface area contributed by atoms with Crippen LogP contribution in [0.25, 0.3) is 0 Å². The van der Waals surface area contributed by atoms with Gasteiger partial charge in [0, 0.05) is 10.9 Å². The van der Waals surface area contributed by atoms with Crippen LogP contribution in [-0.4, -0.2) is 18.9 Å². The number of hydrogen-bond donors (Lipinski definition) is 1. The van der Waals surface area contributed by atoms with Gasteiger partial charge in [0.25, 0.3) is 0 Å². The van der Waals surface area contributed by atoms with Gasteiger partial charge in [0.1, 0.15) is 12.4 Å². The number of ketones is 1. The molecule has 0 aromatic heterocycles. The Bertz CT molecular complexity index is 334. The van der Waals surface area contributed by atoms with Crippen molar-refractivity contribution in [3.05, 3.63) is 28.7 Å². The summed E-state index contributed by atoms with van der Waals surface area (Å²) in [6.07, 6.45) is 1.21. The molecule has 0 bridgehead atoms. The number of carbonyl (C=O) groups is 1. The third kappa shape index (κ3) is 6.10. The first kappa shape index (κ1) is 15.4. The van der Waals surface area contributed by atoms with E-state index in [4.69, 9.17) is 10.5 Å². The Morgan fingerprint density at radius 3 is 2.81 bits per heavy atom. The molecule has 0 fully saturated rings. The maximum atomic E-state index is 11.3. The zero-order chi connectivity index (χ0) is 11.1. The van der Waals surface area contributed by atoms with E-state index in [9.17, 15) is 4.79 Å². The summed E-state index contributed by atoms with van der Waals surface area (Å²) in [5.74, 6) is 0.783. The van der Waals surface area contributed by atoms with E-state index in [2.05, 4.69) is 15.9 Å². The number of rotatable bonds is 6. The van der Waals surface area contributed by atoms with Crippen LogP contribution in [0.4, 0.5) is 0 Å². The van der Waals surface area contributed by atoms with Crippen LogP contribution >= 0.6 is 28.3 Å². The van der Waals surface area contributed by atoms with Crippen molar-refractivity contribution in [2.24, 2.45) is 5.73 Å². The Labute approximate surface area is 110 Å². The second-order valence-corrected chi connectivity index (χ2v) is 4.09. The van der Waals surface area contributed by atoms with Gasteiger partial charge in [-0.05, 0) is 31.2 Å². The molecule has 0 saturated heterocycles. The van der Waals surface area contributed by atoms with Crippen molar-refractivity contribution in [3.8, 4) is 5.75 Å². The molecule has 2 N–H and O–H groups in total. The lowest BCUT2D eigenvalue weighted by atomic mass is 10.2. The molecule has 0 spiro atoms. The molecule has 16 heavy (non-hydrogen) atoms. The lowest BCUT2D eigenvalue weighted by molar-refractivity contribution is -0.121. The minimum Gasteiger partial charge on any atom is -0.486 e. The fourth-order valence-electron chi connectivity index (χ4n) is 1.09. The van der Waals surface area contributed by atoms with Gasteiger partial charge in [0.2, 0.25) is 0 Å². The number of nitrogens with two attached hydrogens (primary N) is 1. The average Bonchev–Trinajstić information content (AvgIpc) is 2.23. The normalized spacial score (nSPS) is 9.38. The Balaban J connectivity index is 0.00000225. The molecule has 3 nitrogen and oxygen atoms in total. The standard InChI is InChI=1S/C11H14BrNO2.ClH/c12-9-3-1-5-11(7-9)15-8-10(14)4-2-6-13;/h1,3,5,7H,2,4,6,8,13H2;1H. The van der Waals surface area contributed by atoms with Gasteiger partial charge >= 0.3 is 0 Å². The number of Topliss-reactive ketones (excluding diaryl/α,β-unsaturated/α-hetero) is 1. The fourth-order valence-corrected chi connectivity index (χ4v) is 1.47. The van der Waals surface area contributed by atoms with E-state index >= 15 is 0 Å². The van der Waals surface area contributed by atoms with Crippen molar-refractivity contribution in [2.45, 2.75) is 12.8 Å². The third-order valence-electron chi connectivity index (χ3n) is 1.86. The molecule has 0 unspecified atom stereocenters. The number of ether oxygens (including phenoxy) is 1. The lowest BCUT2D eigenvalue weighted by Gasteiger charge is -2.05. The molecule has 0 aliphatic carbocycles. The zero-order valence-electron chi connectivity index (χ0n) is 8.82. The Morgan fingerprint density at radius 1 is 1.44 bits per heavy atom. The molecular formula is C11H15BrClNO2. The smallest absolute Gasteiger partial charge is 0.170 e. The first-order valence-electron chi connectivity index (χ1n) is 4.82. The predicted molar refractivity (Wildman–Crippen MR) is 70.2 cm³/mol. The molecule has 0 aliphatic rings. The zero-order valence-corrected chi connectivity index (χ0v) is 11.2. The van der Waals surface area contributed by atoms with E-state index in [1.54, 1.807) is 0 Å². The van der Waals surface area contributed by atoms with Crippen LogP contribution in [0.2, 0.25) is 0 Å². The second-order valence-electron chi connectivity index (χ2n) is 3.18. The van der Waals surface area contributed by atoms with Crippen molar-refractivity contribution < 1.29 is 9.53 Å². The number of hydrogen-bond acceptors (Lipinski definition) is 3. The summed E-state index contributed by atoms with van der Waals surface area (Å²) in [5, 5.41) is 0. The number of benzene rings is 1. The van der Waals surface area contributed by atoms with Crippen LogP contribution in [0.3, 0.4) is 0 Å². The van der Waals surface area contributed by atoms with Crippen LogP contribution in [0.1, 0.15) is 12.8 Å². The topological polar surface area (TPSA) is 52.3 Å². The lowest BCUT2D eigenvalue weighted by Crippen LogP contribution is -2.12. The van der Waals surface area contributed by atoms with Gasteiger partial charge in [0.15, 0.2) is 5.78 Å². The predicted octanol–water partition coefficient (Wildman–Crippen LogP) is 2.56. The summed E-state index contributed by atoms with van der Waals surface area (Å²) in [4.78, 5) is 11.3. The van der Waals surface area contributed by atoms with Gasteiger partial charge in [-0.2, -0.15) is 0 Å². The van der Waals surface area contributed by atoms with E-state index < -0.39 is 0 Å². The highest BCUT2D eigenvalue weighted by Crippen LogP contribution is 2.17. The summed E-state index contributed by atoms with van der Waals surface area (Å²) in [5.41, 5.74) is 5.30. The maximum absolute atomic E-state index is 11.3. The van der Waals surface area contributed by atoms with E-state index in [1.165, 1.54) is 0 Å². The van der Waals surface area contributed by atoms with E-state index in [0.717, 1.165) is 10.9 Å². The largest absolute Gasteiger partial charge is 0.486 e. The molecule has 1 aromatic carbocycles. The molecule has 0 heterocycles. The Hall–Kier alpha value is -0.580. The van der Waals surface area contributed by atoms with Crippen molar-refractivity contribution in [1.82, 2.24) is 0 Å². The van der Waals surface area contributed by atoms with E-state index in [1.807, 2.05) is 24.3 Å². The molecule has 1 aromatic rings. The molecule has 90 valence electrons. The van der Waals surface area contributed by atoms with Gasteiger partial charge in [-0.25, -0.2) is 0 Å². The quantitative estimate of drug-likeness (QED) is 0.878. The van der Waals surface area contributed by atoms with Crippen molar-refractivity contribution in [2.75, 3.05) is 13.2 Å². The van der Waals surface area contributed by atoms with Crippen molar-refractivity contribution in [1.29, 1.82) is 0 Å². The van der Waals surface area contributed by atoms with Gasteiger partial charge in [-0.3, -0.25) is 4.79 Å². The minimum absolute atomic E-state index is 0. The van der Waals surface area contributed by atoms with Gasteiger partial charge in [-0.1, -0.05) is 22.0 Å². The highest BCUT2D eigenvalue weighted by atomic mass is 79.9. The maximum Gasteiger partial charge on any atom is 0.170 e. The molecule has 0 amide bonds. The first-order valence-corrected chi connectivity index (χ1v) is 5.62. The highest BCUT2D eigenvalue weighted by Gasteiger charge is 2.02. The van der Waals surface area contributed by atoms with Crippen LogP contribution in [0.15, 0.2) is 28.7 Å². The van der Waals surface area contributed by atoms with Crippen molar-refractivity contribution >= 4 is 34.1 Å². The summed E-state index contributed by atoms with van der Waals surface area (Å²) in [7, 11) is 0. The fraction of sp³-hybridized carbons (Fsp3) is 0.364. The molecular weight excluding hydrogens is 293 g/mol. The Kier molecular flexibility index (Phi) is 8.25. The summed E-state index contributed by atoms with van der Waals surface area (Å²) in [6.45, 7) is 0.666. The molecule has 1 rings (SSSR count). The van der Waals surface area contributed by atoms with E-state index in [-0.39, 0.29) is 24.8 Å². The summed E-state index contributed by atoms with van der Waals surface area (Å²) < 4.78 is 6.26. The van der Waals surface area contributed by atoms with E-state index in [0.29, 0.717) is 18.7 Å². The second kappa shape index (κ2) is 8.56. The first-order chi connectivity index (χ1) is 7.22. The molecule has 5 heteroatoms. The van der Waals surface area contributed by atoms with Gasteiger partial charge in [-0.15, -0.1) is 12.4 Å². The number of halogens is 2. The third-order valence-corrected chi connectivity index (χ3v) is 2.35. The van der Waals surface area contributed by atoms with Crippen LogP contribution < -0.4 is 10.5 Å². The molecule has 0 atom stereocenters. The van der Waals surface area contributed by atoms with Crippen LogP contribution in [-0.2, 0) is 4.79 Å². The van der Waals surface area contributed by atoms with Crippen LogP contribution in [0.5, 0.6) is 5.75 Å². The highest BCUT2D eigenvalue weighted by molar-refractivity contribution is 9.10. The monoisotopic (exact) mass is 307 g/mol. The van der Waals surface area contributed by atoms with Crippen LogP contribution in [0, 0.1) is 0 Å². The molecule has 0 radical (unpaired) electrons. The molecule has 0 aliphatic heterocycles. The van der Waals surface area contributed by atoms with Crippen molar-refractivity contribution in [3.63, 3.8) is 0 Å². The Morgan fingerprint density at radius 2 is 2.19 bits per heavy atom.